The topological polar surface area (TPSA) is 59.8 Å². The van der Waals surface area contributed by atoms with Gasteiger partial charge < -0.3 is 5.32 Å². The molecule has 1 saturated carbocycles. The molecular weight excluding hydrogens is 307 g/mol. The van der Waals surface area contributed by atoms with Crippen molar-refractivity contribution in [3.63, 3.8) is 0 Å². The molecule has 0 spiro atoms. The van der Waals surface area contributed by atoms with E-state index in [2.05, 4.69) is 15.6 Å². The van der Waals surface area contributed by atoms with Gasteiger partial charge in [0.15, 0.2) is 5.69 Å². The minimum atomic E-state index is -0.322. The molecule has 1 atom stereocenters. The number of aryl methyl sites for hydroxylation is 1. The molecule has 1 unspecified atom stereocenters. The smallest absolute Gasteiger partial charge is 0.273 e. The number of benzene rings is 1. The highest BCUT2D eigenvalue weighted by Crippen LogP contribution is 2.36. The van der Waals surface area contributed by atoms with Crippen LogP contribution in [0.3, 0.4) is 0 Å². The fourth-order valence-electron chi connectivity index (χ4n) is 3.42. The van der Waals surface area contributed by atoms with Crippen LogP contribution in [0.4, 0.5) is 4.39 Å². The number of hydrogen-bond acceptors (Lipinski definition) is 3. The van der Waals surface area contributed by atoms with Gasteiger partial charge in [0.05, 0.1) is 12.2 Å². The second-order valence-corrected chi connectivity index (χ2v) is 6.38. The third-order valence-corrected chi connectivity index (χ3v) is 4.62. The van der Waals surface area contributed by atoms with Crippen molar-refractivity contribution >= 4 is 5.91 Å². The van der Waals surface area contributed by atoms with Crippen LogP contribution in [0.2, 0.25) is 0 Å². The van der Waals surface area contributed by atoms with Crippen LogP contribution in [-0.2, 0) is 6.54 Å². The summed E-state index contributed by atoms with van der Waals surface area (Å²) in [7, 11) is 0. The van der Waals surface area contributed by atoms with Gasteiger partial charge in [-0.3, -0.25) is 9.48 Å². The molecule has 0 bridgehead atoms. The lowest BCUT2D eigenvalue weighted by atomic mass is 9.91. The second-order valence-electron chi connectivity index (χ2n) is 6.38. The Balaban J connectivity index is 1.80. The Morgan fingerprint density at radius 1 is 1.38 bits per heavy atom. The molecule has 128 valence electrons. The maximum Gasteiger partial charge on any atom is 0.273 e. The number of carbonyl (C=O) groups is 1. The molecular formula is C18H23FN4O. The van der Waals surface area contributed by atoms with E-state index in [-0.39, 0.29) is 29.4 Å². The van der Waals surface area contributed by atoms with Crippen molar-refractivity contribution < 1.29 is 9.18 Å². The number of carbonyl (C=O) groups excluding carboxylic acids is 1. The lowest BCUT2D eigenvalue weighted by molar-refractivity contribution is 0.0915. The number of hydrogen-bond donors (Lipinski definition) is 1. The molecule has 5 nitrogen and oxygen atoms in total. The molecule has 0 radical (unpaired) electrons. The van der Waals surface area contributed by atoms with Crippen LogP contribution in [0.5, 0.6) is 0 Å². The predicted octanol–water partition coefficient (Wildman–Crippen LogP) is 3.49. The number of amides is 1. The van der Waals surface area contributed by atoms with E-state index < -0.39 is 0 Å². The highest BCUT2D eigenvalue weighted by molar-refractivity contribution is 5.92. The summed E-state index contributed by atoms with van der Waals surface area (Å²) in [6.07, 6.45) is 6.82. The molecule has 2 aromatic rings. The average molecular weight is 330 g/mol. The van der Waals surface area contributed by atoms with E-state index in [1.165, 1.54) is 6.07 Å². The molecule has 1 aliphatic rings. The SMILES string of the molecule is CCCn1cc(C(=O)NC(c2ccccc2F)C2CCCC2)nn1. The standard InChI is InChI=1S/C18H23FN4O/c1-2-11-23-12-16(21-22-23)18(24)20-17(13-7-3-4-8-13)14-9-5-6-10-15(14)19/h5-6,9-10,12-13,17H,2-4,7-8,11H2,1H3,(H,20,24). The van der Waals surface area contributed by atoms with E-state index >= 15 is 0 Å². The second kappa shape index (κ2) is 7.55. The molecule has 6 heteroatoms. The summed E-state index contributed by atoms with van der Waals surface area (Å²) in [5.41, 5.74) is 0.835. The summed E-state index contributed by atoms with van der Waals surface area (Å²) in [5.74, 6) is -0.307. The molecule has 1 N–H and O–H groups in total. The van der Waals surface area contributed by atoms with Gasteiger partial charge >= 0.3 is 0 Å². The fourth-order valence-corrected chi connectivity index (χ4v) is 3.42. The average Bonchev–Trinajstić information content (AvgIpc) is 3.25. The van der Waals surface area contributed by atoms with Gasteiger partial charge in [-0.1, -0.05) is 43.2 Å². The summed E-state index contributed by atoms with van der Waals surface area (Å²) >= 11 is 0. The number of nitrogens with one attached hydrogen (secondary N) is 1. The highest BCUT2D eigenvalue weighted by Gasteiger charge is 2.30. The number of aromatic nitrogens is 3. The number of halogens is 1. The molecule has 1 heterocycles. The zero-order valence-corrected chi connectivity index (χ0v) is 13.9. The van der Waals surface area contributed by atoms with Crippen molar-refractivity contribution in [3.05, 3.63) is 47.5 Å². The minimum absolute atomic E-state index is 0.261. The van der Waals surface area contributed by atoms with Crippen molar-refractivity contribution in [3.8, 4) is 0 Å². The zero-order valence-electron chi connectivity index (χ0n) is 13.9. The van der Waals surface area contributed by atoms with E-state index in [0.29, 0.717) is 5.56 Å². The Kier molecular flexibility index (Phi) is 5.23. The predicted molar refractivity (Wildman–Crippen MR) is 88.9 cm³/mol. The van der Waals surface area contributed by atoms with E-state index in [1.807, 2.05) is 13.0 Å². The van der Waals surface area contributed by atoms with Crippen LogP contribution in [0, 0.1) is 11.7 Å². The molecule has 3 rings (SSSR count). The molecule has 0 saturated heterocycles. The molecule has 24 heavy (non-hydrogen) atoms. The monoisotopic (exact) mass is 330 g/mol. The van der Waals surface area contributed by atoms with Gasteiger partial charge in [0.1, 0.15) is 5.82 Å². The third kappa shape index (κ3) is 3.63. The summed E-state index contributed by atoms with van der Waals surface area (Å²) in [4.78, 5) is 12.6. The molecule has 1 amide bonds. The van der Waals surface area contributed by atoms with Crippen molar-refractivity contribution in [1.29, 1.82) is 0 Å². The Morgan fingerprint density at radius 3 is 2.83 bits per heavy atom. The lowest BCUT2D eigenvalue weighted by Crippen LogP contribution is -2.33. The summed E-state index contributed by atoms with van der Waals surface area (Å²) < 4.78 is 15.9. The van der Waals surface area contributed by atoms with Gasteiger partial charge in [0.2, 0.25) is 0 Å². The summed E-state index contributed by atoms with van der Waals surface area (Å²) in [6.45, 7) is 2.76. The maximum absolute atomic E-state index is 14.3. The normalized spacial score (nSPS) is 16.2. The van der Waals surface area contributed by atoms with Crippen molar-refractivity contribution in [2.24, 2.45) is 5.92 Å². The van der Waals surface area contributed by atoms with E-state index in [1.54, 1.807) is 23.0 Å². The van der Waals surface area contributed by atoms with Gasteiger partial charge in [-0.2, -0.15) is 0 Å². The van der Waals surface area contributed by atoms with Gasteiger partial charge in [0, 0.05) is 12.1 Å². The van der Waals surface area contributed by atoms with Crippen molar-refractivity contribution in [2.45, 2.75) is 51.6 Å². The Labute approximate surface area is 141 Å². The van der Waals surface area contributed by atoms with E-state index in [0.717, 1.165) is 38.6 Å². The van der Waals surface area contributed by atoms with Crippen LogP contribution in [-0.4, -0.2) is 20.9 Å². The maximum atomic E-state index is 14.3. The minimum Gasteiger partial charge on any atom is -0.343 e. The van der Waals surface area contributed by atoms with Gasteiger partial charge in [-0.25, -0.2) is 4.39 Å². The molecule has 0 aliphatic heterocycles. The van der Waals surface area contributed by atoms with Crippen molar-refractivity contribution in [1.82, 2.24) is 20.3 Å². The van der Waals surface area contributed by atoms with Crippen LogP contribution in [0.15, 0.2) is 30.5 Å². The third-order valence-electron chi connectivity index (χ3n) is 4.62. The van der Waals surface area contributed by atoms with Crippen LogP contribution < -0.4 is 5.32 Å². The molecule has 1 aromatic carbocycles. The first-order valence-corrected chi connectivity index (χ1v) is 8.64. The van der Waals surface area contributed by atoms with E-state index in [4.69, 9.17) is 0 Å². The summed E-state index contributed by atoms with van der Waals surface area (Å²) in [6, 6.07) is 6.36. The first kappa shape index (κ1) is 16.6. The number of nitrogens with zero attached hydrogens (tertiary/aromatic N) is 3. The van der Waals surface area contributed by atoms with Gasteiger partial charge in [-0.05, 0) is 31.2 Å². The molecule has 1 fully saturated rings. The zero-order chi connectivity index (χ0) is 16.9. The molecule has 1 aliphatic carbocycles. The quantitative estimate of drug-likeness (QED) is 0.882. The lowest BCUT2D eigenvalue weighted by Gasteiger charge is -2.25. The van der Waals surface area contributed by atoms with Crippen LogP contribution in [0.25, 0.3) is 0 Å². The first-order valence-electron chi connectivity index (χ1n) is 8.64. The Bertz CT molecular complexity index is 694. The van der Waals surface area contributed by atoms with Gasteiger partial charge in [-0.15, -0.1) is 5.10 Å². The highest BCUT2D eigenvalue weighted by atomic mass is 19.1. The first-order chi connectivity index (χ1) is 11.7. The Morgan fingerprint density at radius 2 is 2.12 bits per heavy atom. The summed E-state index contributed by atoms with van der Waals surface area (Å²) in [5, 5.41) is 10.9. The molecule has 1 aromatic heterocycles. The van der Waals surface area contributed by atoms with Crippen molar-refractivity contribution in [2.75, 3.05) is 0 Å². The number of rotatable bonds is 6. The van der Waals surface area contributed by atoms with Crippen LogP contribution >= 0.6 is 0 Å². The van der Waals surface area contributed by atoms with E-state index in [9.17, 15) is 9.18 Å². The Hall–Kier alpha value is -2.24. The van der Waals surface area contributed by atoms with Gasteiger partial charge in [0.25, 0.3) is 5.91 Å². The fraction of sp³-hybridized carbons (Fsp3) is 0.500. The largest absolute Gasteiger partial charge is 0.343 e. The van der Waals surface area contributed by atoms with Crippen LogP contribution in [0.1, 0.15) is 61.1 Å².